The number of benzene rings is 1. The van der Waals surface area contributed by atoms with Crippen LogP contribution in [0.3, 0.4) is 0 Å². The number of urea groups is 1. The van der Waals surface area contributed by atoms with Gasteiger partial charge in [-0.3, -0.25) is 4.79 Å². The van der Waals surface area contributed by atoms with Crippen molar-refractivity contribution in [3.05, 3.63) is 23.8 Å². The van der Waals surface area contributed by atoms with Gasteiger partial charge in [-0.25, -0.2) is 4.79 Å². The fourth-order valence-corrected chi connectivity index (χ4v) is 4.28. The van der Waals surface area contributed by atoms with Gasteiger partial charge in [-0.2, -0.15) is 8.78 Å². The number of methoxy groups -OCH3 is 1. The van der Waals surface area contributed by atoms with Crippen LogP contribution in [0.25, 0.3) is 0 Å². The largest absolute Gasteiger partial charge is 0.493 e. The average molecular weight is 398 g/mol. The highest BCUT2D eigenvalue weighted by molar-refractivity contribution is 5.80. The van der Waals surface area contributed by atoms with Crippen LogP contribution in [0.15, 0.2) is 18.2 Å². The SMILES string of the molecule is COc1ccc(CCNC(=O)N2C[C@@H]3CCC[C@@]3(C(=O)O)C2)cc1OC(F)F. The second kappa shape index (κ2) is 8.20. The van der Waals surface area contributed by atoms with Crippen LogP contribution in [0.4, 0.5) is 13.6 Å². The highest BCUT2D eigenvalue weighted by atomic mass is 19.3. The van der Waals surface area contributed by atoms with Gasteiger partial charge in [-0.15, -0.1) is 0 Å². The Morgan fingerprint density at radius 3 is 2.82 bits per heavy atom. The molecular weight excluding hydrogens is 374 g/mol. The standard InChI is InChI=1S/C19H24F2N2O5/c1-27-14-5-4-12(9-15(14)28-17(20)21)6-8-22-18(26)23-10-13-3-2-7-19(13,11-23)16(24)25/h4-5,9,13,17H,2-3,6-8,10-11H2,1H3,(H,22,26)(H,24,25)/t13-,19+/m0/s1. The number of nitrogens with one attached hydrogen (secondary N) is 1. The lowest BCUT2D eigenvalue weighted by Gasteiger charge is -2.23. The number of alkyl halides is 2. The summed E-state index contributed by atoms with van der Waals surface area (Å²) in [5.41, 5.74) is -0.105. The summed E-state index contributed by atoms with van der Waals surface area (Å²) >= 11 is 0. The summed E-state index contributed by atoms with van der Waals surface area (Å²) in [7, 11) is 1.36. The third-order valence-corrected chi connectivity index (χ3v) is 5.72. The van der Waals surface area contributed by atoms with Crippen molar-refractivity contribution < 1.29 is 33.0 Å². The highest BCUT2D eigenvalue weighted by Gasteiger charge is 2.55. The normalized spacial score (nSPS) is 23.6. The van der Waals surface area contributed by atoms with Gasteiger partial charge in [0.15, 0.2) is 11.5 Å². The number of aliphatic carboxylic acids is 1. The van der Waals surface area contributed by atoms with Gasteiger partial charge in [0.25, 0.3) is 0 Å². The number of ether oxygens (including phenoxy) is 2. The first-order valence-corrected chi connectivity index (χ1v) is 9.23. The van der Waals surface area contributed by atoms with Crippen LogP contribution in [0, 0.1) is 11.3 Å². The second-order valence-corrected chi connectivity index (χ2v) is 7.28. The van der Waals surface area contributed by atoms with Crippen LogP contribution in [0.5, 0.6) is 11.5 Å². The molecule has 1 aliphatic heterocycles. The number of likely N-dealkylation sites (tertiary alicyclic amines) is 1. The minimum absolute atomic E-state index is 0.00592. The molecule has 1 heterocycles. The topological polar surface area (TPSA) is 88.1 Å². The van der Waals surface area contributed by atoms with Crippen molar-refractivity contribution in [1.82, 2.24) is 10.2 Å². The molecule has 2 N–H and O–H groups in total. The highest BCUT2D eigenvalue weighted by Crippen LogP contribution is 2.48. The molecule has 7 nitrogen and oxygen atoms in total. The number of amides is 2. The molecule has 0 radical (unpaired) electrons. The van der Waals surface area contributed by atoms with E-state index in [0.717, 1.165) is 12.8 Å². The maximum absolute atomic E-state index is 12.5. The number of carboxylic acids is 1. The van der Waals surface area contributed by atoms with Gasteiger partial charge in [-0.1, -0.05) is 12.5 Å². The van der Waals surface area contributed by atoms with Gasteiger partial charge >= 0.3 is 18.6 Å². The molecule has 0 unspecified atom stereocenters. The summed E-state index contributed by atoms with van der Waals surface area (Å²) in [6, 6.07) is 4.40. The van der Waals surface area contributed by atoms with E-state index >= 15 is 0 Å². The molecule has 2 atom stereocenters. The summed E-state index contributed by atoms with van der Waals surface area (Å²) in [6.45, 7) is -1.98. The van der Waals surface area contributed by atoms with E-state index in [1.54, 1.807) is 11.0 Å². The van der Waals surface area contributed by atoms with E-state index in [0.29, 0.717) is 31.5 Å². The van der Waals surface area contributed by atoms with Gasteiger partial charge in [0.05, 0.1) is 12.5 Å². The number of carbonyl (C=O) groups is 2. The molecule has 1 saturated carbocycles. The summed E-state index contributed by atoms with van der Waals surface area (Å²) < 4.78 is 34.4. The Balaban J connectivity index is 1.54. The van der Waals surface area contributed by atoms with Gasteiger partial charge in [0, 0.05) is 19.6 Å². The molecule has 0 bridgehead atoms. The second-order valence-electron chi connectivity index (χ2n) is 7.28. The molecule has 1 aliphatic carbocycles. The zero-order valence-corrected chi connectivity index (χ0v) is 15.6. The Morgan fingerprint density at radius 1 is 1.39 bits per heavy atom. The van der Waals surface area contributed by atoms with Crippen molar-refractivity contribution in [2.24, 2.45) is 11.3 Å². The lowest BCUT2D eigenvalue weighted by molar-refractivity contribution is -0.149. The van der Waals surface area contributed by atoms with E-state index in [-0.39, 0.29) is 30.0 Å². The number of hydrogen-bond acceptors (Lipinski definition) is 4. The summed E-state index contributed by atoms with van der Waals surface area (Å²) in [4.78, 5) is 25.7. The number of nitrogens with zero attached hydrogens (tertiary/aromatic N) is 1. The molecule has 2 aliphatic rings. The minimum atomic E-state index is -2.96. The van der Waals surface area contributed by atoms with Crippen molar-refractivity contribution in [3.8, 4) is 11.5 Å². The van der Waals surface area contributed by atoms with E-state index in [4.69, 9.17) is 4.74 Å². The first kappa shape index (κ1) is 20.2. The summed E-state index contributed by atoms with van der Waals surface area (Å²) in [6.07, 6.45) is 2.73. The first-order chi connectivity index (χ1) is 13.4. The van der Waals surface area contributed by atoms with Crippen LogP contribution >= 0.6 is 0 Å². The smallest absolute Gasteiger partial charge is 0.387 e. The number of halogens is 2. The molecule has 1 saturated heterocycles. The predicted octanol–water partition coefficient (Wildman–Crippen LogP) is 2.74. The van der Waals surface area contributed by atoms with Crippen molar-refractivity contribution >= 4 is 12.0 Å². The molecule has 28 heavy (non-hydrogen) atoms. The Morgan fingerprint density at radius 2 is 2.18 bits per heavy atom. The minimum Gasteiger partial charge on any atom is -0.493 e. The Labute approximate surface area is 161 Å². The number of hydrogen-bond donors (Lipinski definition) is 2. The van der Waals surface area contributed by atoms with E-state index in [1.165, 1.54) is 19.2 Å². The van der Waals surface area contributed by atoms with E-state index in [1.807, 2.05) is 0 Å². The molecule has 2 amide bonds. The van der Waals surface area contributed by atoms with Crippen LogP contribution in [0.1, 0.15) is 24.8 Å². The zero-order chi connectivity index (χ0) is 20.3. The molecule has 3 rings (SSSR count). The van der Waals surface area contributed by atoms with Crippen LogP contribution in [-0.2, 0) is 11.2 Å². The number of fused-ring (bicyclic) bond motifs is 1. The summed E-state index contributed by atoms with van der Waals surface area (Å²) in [5, 5.41) is 12.4. The number of rotatable bonds is 7. The predicted molar refractivity (Wildman–Crippen MR) is 95.7 cm³/mol. The van der Waals surface area contributed by atoms with Crippen LogP contribution in [0.2, 0.25) is 0 Å². The molecule has 1 aromatic rings. The average Bonchev–Trinajstić information content (AvgIpc) is 3.20. The first-order valence-electron chi connectivity index (χ1n) is 9.23. The van der Waals surface area contributed by atoms with Crippen molar-refractivity contribution in [2.75, 3.05) is 26.7 Å². The van der Waals surface area contributed by atoms with E-state index in [9.17, 15) is 23.5 Å². The van der Waals surface area contributed by atoms with Crippen molar-refractivity contribution in [3.63, 3.8) is 0 Å². The Bertz CT molecular complexity index is 745. The van der Waals surface area contributed by atoms with Gasteiger partial charge in [0.2, 0.25) is 0 Å². The van der Waals surface area contributed by atoms with Crippen molar-refractivity contribution in [1.29, 1.82) is 0 Å². The lowest BCUT2D eigenvalue weighted by Crippen LogP contribution is -2.42. The molecule has 9 heteroatoms. The molecular formula is C19H24F2N2O5. The fourth-order valence-electron chi connectivity index (χ4n) is 4.28. The van der Waals surface area contributed by atoms with E-state index in [2.05, 4.69) is 10.1 Å². The molecule has 2 fully saturated rings. The molecule has 1 aromatic carbocycles. The quantitative estimate of drug-likeness (QED) is 0.737. The van der Waals surface area contributed by atoms with Gasteiger partial charge < -0.3 is 24.8 Å². The summed E-state index contributed by atoms with van der Waals surface area (Å²) in [5.74, 6) is -0.672. The van der Waals surface area contributed by atoms with E-state index < -0.39 is 18.0 Å². The van der Waals surface area contributed by atoms with Crippen molar-refractivity contribution in [2.45, 2.75) is 32.3 Å². The number of carbonyl (C=O) groups excluding carboxylic acids is 1. The maximum Gasteiger partial charge on any atom is 0.387 e. The Kier molecular flexibility index (Phi) is 5.90. The zero-order valence-electron chi connectivity index (χ0n) is 15.6. The van der Waals surface area contributed by atoms with Crippen LogP contribution < -0.4 is 14.8 Å². The third kappa shape index (κ3) is 3.98. The third-order valence-electron chi connectivity index (χ3n) is 5.72. The molecule has 0 aromatic heterocycles. The maximum atomic E-state index is 12.5. The Hall–Kier alpha value is -2.58. The van der Waals surface area contributed by atoms with Gasteiger partial charge in [-0.05, 0) is 42.9 Å². The van der Waals surface area contributed by atoms with Crippen LogP contribution in [-0.4, -0.2) is 55.4 Å². The monoisotopic (exact) mass is 398 g/mol. The lowest BCUT2D eigenvalue weighted by atomic mass is 9.81. The molecule has 154 valence electrons. The molecule has 0 spiro atoms. The fraction of sp³-hybridized carbons (Fsp3) is 0.579. The van der Waals surface area contributed by atoms with Gasteiger partial charge in [0.1, 0.15) is 0 Å². The number of carboxylic acid groups (broad SMARTS) is 1.